The van der Waals surface area contributed by atoms with Crippen LogP contribution in [-0.4, -0.2) is 52.9 Å². The maximum absolute atomic E-state index is 5.25. The number of ether oxygens (including phenoxy) is 4. The van der Waals surface area contributed by atoms with Crippen LogP contribution in [0.25, 0.3) is 0 Å². The second-order valence-corrected chi connectivity index (χ2v) is 2.64. The van der Waals surface area contributed by atoms with Gasteiger partial charge in [-0.2, -0.15) is 0 Å². The van der Waals surface area contributed by atoms with Crippen molar-refractivity contribution in [3.05, 3.63) is 0 Å². The highest BCUT2D eigenvalue weighted by molar-refractivity contribution is 4.66. The molecule has 0 spiro atoms. The molecule has 0 amide bonds. The molecule has 0 bridgehead atoms. The van der Waals surface area contributed by atoms with Gasteiger partial charge in [-0.1, -0.05) is 0 Å². The summed E-state index contributed by atoms with van der Waals surface area (Å²) < 4.78 is 20.2. The third kappa shape index (κ3) is 5.49. The van der Waals surface area contributed by atoms with E-state index in [4.69, 9.17) is 18.9 Å². The van der Waals surface area contributed by atoms with Crippen molar-refractivity contribution in [1.29, 1.82) is 0 Å². The molecule has 4 nitrogen and oxygen atoms in total. The van der Waals surface area contributed by atoms with E-state index in [0.29, 0.717) is 39.1 Å². The lowest BCUT2D eigenvalue weighted by Gasteiger charge is -2.03. The molecule has 1 atom stereocenters. The van der Waals surface area contributed by atoms with Gasteiger partial charge in [0, 0.05) is 7.11 Å². The van der Waals surface area contributed by atoms with Gasteiger partial charge in [0.25, 0.3) is 0 Å². The van der Waals surface area contributed by atoms with Crippen LogP contribution in [0.3, 0.4) is 0 Å². The van der Waals surface area contributed by atoms with Gasteiger partial charge in [0.1, 0.15) is 6.10 Å². The first kappa shape index (κ1) is 9.92. The van der Waals surface area contributed by atoms with E-state index in [1.807, 2.05) is 0 Å². The van der Waals surface area contributed by atoms with Crippen LogP contribution in [0, 0.1) is 0 Å². The Balaban J connectivity index is 1.65. The standard InChI is InChI=1S/C8H16O4/c1-9-2-3-10-4-5-11-6-8-7-12-8/h8H,2-7H2,1H3/t8-/m1/s1. The Hall–Kier alpha value is -0.160. The normalized spacial score (nSPS) is 21.2. The molecule has 0 N–H and O–H groups in total. The second kappa shape index (κ2) is 6.37. The summed E-state index contributed by atoms with van der Waals surface area (Å²) in [6.07, 6.45) is 0.351. The van der Waals surface area contributed by atoms with Gasteiger partial charge in [-0.15, -0.1) is 0 Å². The second-order valence-electron chi connectivity index (χ2n) is 2.64. The molecule has 0 aromatic heterocycles. The number of hydrogen-bond donors (Lipinski definition) is 0. The highest BCUT2D eigenvalue weighted by Gasteiger charge is 2.21. The van der Waals surface area contributed by atoms with E-state index in [1.54, 1.807) is 7.11 Å². The first-order chi connectivity index (χ1) is 5.93. The van der Waals surface area contributed by atoms with Gasteiger partial charge in [-0.3, -0.25) is 0 Å². The summed E-state index contributed by atoms with van der Waals surface area (Å²) in [6.45, 7) is 4.11. The van der Waals surface area contributed by atoms with Gasteiger partial charge in [-0.05, 0) is 0 Å². The zero-order valence-electron chi connectivity index (χ0n) is 7.45. The summed E-state index contributed by atoms with van der Waals surface area (Å²) in [5.74, 6) is 0. The van der Waals surface area contributed by atoms with Crippen LogP contribution in [0.4, 0.5) is 0 Å². The van der Waals surface area contributed by atoms with Gasteiger partial charge in [-0.25, -0.2) is 0 Å². The number of hydrogen-bond acceptors (Lipinski definition) is 4. The smallest absolute Gasteiger partial charge is 0.104 e. The molecule has 1 aliphatic heterocycles. The van der Waals surface area contributed by atoms with Crippen LogP contribution in [0.1, 0.15) is 0 Å². The average molecular weight is 176 g/mol. The molecule has 1 heterocycles. The van der Waals surface area contributed by atoms with Crippen molar-refractivity contribution >= 4 is 0 Å². The molecular formula is C8H16O4. The van der Waals surface area contributed by atoms with Crippen LogP contribution in [-0.2, 0) is 18.9 Å². The van der Waals surface area contributed by atoms with Gasteiger partial charge in [0.05, 0.1) is 39.6 Å². The van der Waals surface area contributed by atoms with Gasteiger partial charge < -0.3 is 18.9 Å². The summed E-state index contributed by atoms with van der Waals surface area (Å²) in [5, 5.41) is 0. The lowest BCUT2D eigenvalue weighted by molar-refractivity contribution is 0.0213. The van der Waals surface area contributed by atoms with E-state index >= 15 is 0 Å². The Bertz CT molecular complexity index is 103. The summed E-state index contributed by atoms with van der Waals surface area (Å²) >= 11 is 0. The fraction of sp³-hybridized carbons (Fsp3) is 1.00. The zero-order valence-corrected chi connectivity index (χ0v) is 7.45. The van der Waals surface area contributed by atoms with Crippen molar-refractivity contribution in [3.8, 4) is 0 Å². The van der Waals surface area contributed by atoms with Crippen LogP contribution < -0.4 is 0 Å². The highest BCUT2D eigenvalue weighted by atomic mass is 16.6. The van der Waals surface area contributed by atoms with Crippen molar-refractivity contribution in [2.24, 2.45) is 0 Å². The Labute approximate surface area is 72.7 Å². The molecule has 0 unspecified atom stereocenters. The number of rotatable bonds is 8. The van der Waals surface area contributed by atoms with Crippen LogP contribution >= 0.6 is 0 Å². The predicted molar refractivity (Wildman–Crippen MR) is 43.3 cm³/mol. The van der Waals surface area contributed by atoms with Crippen LogP contribution in [0.5, 0.6) is 0 Å². The highest BCUT2D eigenvalue weighted by Crippen LogP contribution is 2.07. The molecule has 1 rings (SSSR count). The Kier molecular flexibility index (Phi) is 5.27. The fourth-order valence-corrected chi connectivity index (χ4v) is 0.741. The largest absolute Gasteiger partial charge is 0.382 e. The number of methoxy groups -OCH3 is 1. The molecule has 1 saturated heterocycles. The molecule has 0 saturated carbocycles. The van der Waals surface area contributed by atoms with Gasteiger partial charge >= 0.3 is 0 Å². The van der Waals surface area contributed by atoms with E-state index in [2.05, 4.69) is 0 Å². The molecule has 12 heavy (non-hydrogen) atoms. The molecule has 0 aromatic rings. The van der Waals surface area contributed by atoms with Gasteiger partial charge in [0.2, 0.25) is 0 Å². The minimum absolute atomic E-state index is 0.351. The van der Waals surface area contributed by atoms with E-state index in [0.717, 1.165) is 6.61 Å². The topological polar surface area (TPSA) is 40.2 Å². The van der Waals surface area contributed by atoms with Crippen LogP contribution in [0.2, 0.25) is 0 Å². The average Bonchev–Trinajstić information content (AvgIpc) is 2.87. The first-order valence-corrected chi connectivity index (χ1v) is 4.19. The summed E-state index contributed by atoms with van der Waals surface area (Å²) in [7, 11) is 1.66. The van der Waals surface area contributed by atoms with Crippen molar-refractivity contribution in [2.45, 2.75) is 6.10 Å². The number of epoxide rings is 1. The fourth-order valence-electron chi connectivity index (χ4n) is 0.741. The molecule has 0 radical (unpaired) electrons. The zero-order chi connectivity index (χ0) is 8.65. The summed E-state index contributed by atoms with van der Waals surface area (Å²) in [5.41, 5.74) is 0. The van der Waals surface area contributed by atoms with Crippen molar-refractivity contribution in [1.82, 2.24) is 0 Å². The Morgan fingerprint density at radius 3 is 2.50 bits per heavy atom. The Morgan fingerprint density at radius 1 is 1.17 bits per heavy atom. The Morgan fingerprint density at radius 2 is 1.83 bits per heavy atom. The molecule has 4 heteroatoms. The molecule has 72 valence electrons. The SMILES string of the molecule is COCCOCCOC[C@@H]1CO1. The van der Waals surface area contributed by atoms with Crippen molar-refractivity contribution in [3.63, 3.8) is 0 Å². The molecule has 1 aliphatic rings. The van der Waals surface area contributed by atoms with Crippen molar-refractivity contribution < 1.29 is 18.9 Å². The van der Waals surface area contributed by atoms with Gasteiger partial charge in [0.15, 0.2) is 0 Å². The monoisotopic (exact) mass is 176 g/mol. The van der Waals surface area contributed by atoms with Crippen molar-refractivity contribution in [2.75, 3.05) is 46.8 Å². The quantitative estimate of drug-likeness (QED) is 0.387. The van der Waals surface area contributed by atoms with Crippen LogP contribution in [0.15, 0.2) is 0 Å². The van der Waals surface area contributed by atoms with E-state index < -0.39 is 0 Å². The van der Waals surface area contributed by atoms with E-state index in [-0.39, 0.29) is 0 Å². The molecule has 1 fully saturated rings. The van der Waals surface area contributed by atoms with E-state index in [1.165, 1.54) is 0 Å². The predicted octanol–water partition coefficient (Wildman–Crippen LogP) is 0.0648. The minimum Gasteiger partial charge on any atom is -0.382 e. The van der Waals surface area contributed by atoms with E-state index in [9.17, 15) is 0 Å². The molecule has 0 aliphatic carbocycles. The first-order valence-electron chi connectivity index (χ1n) is 4.19. The molecule has 0 aromatic carbocycles. The summed E-state index contributed by atoms with van der Waals surface area (Å²) in [6, 6.07) is 0. The summed E-state index contributed by atoms with van der Waals surface area (Å²) in [4.78, 5) is 0. The third-order valence-corrected chi connectivity index (χ3v) is 1.51. The molecular weight excluding hydrogens is 160 g/mol. The lowest BCUT2D eigenvalue weighted by atomic mass is 10.5. The lowest BCUT2D eigenvalue weighted by Crippen LogP contribution is -2.10. The maximum atomic E-state index is 5.25. The minimum atomic E-state index is 0.351. The third-order valence-electron chi connectivity index (χ3n) is 1.51. The maximum Gasteiger partial charge on any atom is 0.104 e.